The van der Waals surface area contributed by atoms with Gasteiger partial charge in [-0.15, -0.1) is 0 Å². The van der Waals surface area contributed by atoms with Gasteiger partial charge in [0.15, 0.2) is 0 Å². The molecule has 0 fully saturated rings. The highest BCUT2D eigenvalue weighted by atomic mass is 16.5. The van der Waals surface area contributed by atoms with E-state index < -0.39 is 11.9 Å². The van der Waals surface area contributed by atoms with Crippen molar-refractivity contribution in [1.82, 2.24) is 10.2 Å². The number of carbonyl (C=O) groups excluding carboxylic acids is 1. The van der Waals surface area contributed by atoms with Crippen molar-refractivity contribution in [2.45, 2.75) is 33.1 Å². The molecule has 1 amide bonds. The largest absolute Gasteiger partial charge is 0.481 e. The average molecular weight is 288 g/mol. The van der Waals surface area contributed by atoms with Crippen LogP contribution in [-0.4, -0.2) is 61.8 Å². The third-order valence-corrected chi connectivity index (χ3v) is 3.03. The van der Waals surface area contributed by atoms with E-state index in [2.05, 4.69) is 12.2 Å². The van der Waals surface area contributed by atoms with Crippen molar-refractivity contribution in [1.29, 1.82) is 0 Å². The predicted octanol–water partition coefficient (Wildman–Crippen LogP) is 0.962. The Hall–Kier alpha value is -1.14. The Bertz CT molecular complexity index is 284. The van der Waals surface area contributed by atoms with Crippen molar-refractivity contribution in [3.63, 3.8) is 0 Å². The second kappa shape index (κ2) is 11.7. The summed E-state index contributed by atoms with van der Waals surface area (Å²) in [4.78, 5) is 24.6. The number of methoxy groups -OCH3 is 1. The van der Waals surface area contributed by atoms with Crippen LogP contribution in [0.4, 0.5) is 0 Å². The minimum absolute atomic E-state index is 0.0869. The van der Waals surface area contributed by atoms with Crippen molar-refractivity contribution in [3.05, 3.63) is 0 Å². The van der Waals surface area contributed by atoms with Gasteiger partial charge >= 0.3 is 5.97 Å². The molecule has 118 valence electrons. The molecule has 1 atom stereocenters. The smallest absolute Gasteiger partial charge is 0.307 e. The molecule has 0 aliphatic rings. The molecule has 0 heterocycles. The molecule has 2 N–H and O–H groups in total. The van der Waals surface area contributed by atoms with Crippen LogP contribution in [0.3, 0.4) is 0 Å². The number of carboxylic acid groups (broad SMARTS) is 1. The SMILES string of the molecule is CCCCCN(CC(=O)NCCOC)CC(C)C(=O)O. The highest BCUT2D eigenvalue weighted by Gasteiger charge is 2.17. The van der Waals surface area contributed by atoms with Crippen LogP contribution in [0.1, 0.15) is 33.1 Å². The van der Waals surface area contributed by atoms with E-state index in [0.717, 1.165) is 25.8 Å². The highest BCUT2D eigenvalue weighted by molar-refractivity contribution is 5.78. The number of carboxylic acids is 1. The first kappa shape index (κ1) is 18.9. The van der Waals surface area contributed by atoms with E-state index in [0.29, 0.717) is 19.7 Å². The molecule has 0 aliphatic carbocycles. The maximum atomic E-state index is 11.8. The number of nitrogens with zero attached hydrogens (tertiary/aromatic N) is 1. The number of unbranched alkanes of at least 4 members (excludes halogenated alkanes) is 2. The lowest BCUT2D eigenvalue weighted by Crippen LogP contribution is -2.41. The zero-order valence-corrected chi connectivity index (χ0v) is 12.9. The molecule has 0 radical (unpaired) electrons. The molecule has 0 saturated carbocycles. The van der Waals surface area contributed by atoms with Crippen molar-refractivity contribution < 1.29 is 19.4 Å². The van der Waals surface area contributed by atoms with E-state index in [1.165, 1.54) is 0 Å². The molecule has 0 rings (SSSR count). The Morgan fingerprint density at radius 2 is 2.05 bits per heavy atom. The van der Waals surface area contributed by atoms with E-state index in [1.807, 2.05) is 4.90 Å². The number of hydrogen-bond donors (Lipinski definition) is 2. The molecule has 0 aliphatic heterocycles. The Morgan fingerprint density at radius 3 is 2.60 bits per heavy atom. The maximum Gasteiger partial charge on any atom is 0.307 e. The van der Waals surface area contributed by atoms with Gasteiger partial charge in [-0.1, -0.05) is 26.7 Å². The lowest BCUT2D eigenvalue weighted by Gasteiger charge is -2.23. The zero-order valence-electron chi connectivity index (χ0n) is 12.9. The molecular formula is C14H28N2O4. The Labute approximate surface area is 121 Å². The summed E-state index contributed by atoms with van der Waals surface area (Å²) in [5.74, 6) is -1.38. The fraction of sp³-hybridized carbons (Fsp3) is 0.857. The molecule has 0 saturated heterocycles. The van der Waals surface area contributed by atoms with Crippen molar-refractivity contribution in [2.75, 3.05) is 39.9 Å². The van der Waals surface area contributed by atoms with Crippen LogP contribution in [0, 0.1) is 5.92 Å². The van der Waals surface area contributed by atoms with Gasteiger partial charge in [0.2, 0.25) is 5.91 Å². The Morgan fingerprint density at radius 1 is 1.35 bits per heavy atom. The van der Waals surface area contributed by atoms with Crippen LogP contribution in [0.2, 0.25) is 0 Å². The lowest BCUT2D eigenvalue weighted by atomic mass is 10.1. The van der Waals surface area contributed by atoms with Crippen LogP contribution < -0.4 is 5.32 Å². The normalized spacial score (nSPS) is 12.4. The van der Waals surface area contributed by atoms with Crippen LogP contribution in [-0.2, 0) is 14.3 Å². The fourth-order valence-electron chi connectivity index (χ4n) is 1.84. The first-order valence-corrected chi connectivity index (χ1v) is 7.22. The van der Waals surface area contributed by atoms with Crippen molar-refractivity contribution >= 4 is 11.9 Å². The van der Waals surface area contributed by atoms with Crippen LogP contribution >= 0.6 is 0 Å². The fourth-order valence-corrected chi connectivity index (χ4v) is 1.84. The van der Waals surface area contributed by atoms with Gasteiger partial charge in [0.1, 0.15) is 0 Å². The summed E-state index contributed by atoms with van der Waals surface area (Å²) in [5, 5.41) is 11.7. The molecule has 0 aromatic rings. The van der Waals surface area contributed by atoms with Gasteiger partial charge in [-0.2, -0.15) is 0 Å². The summed E-state index contributed by atoms with van der Waals surface area (Å²) >= 11 is 0. The Kier molecular flexibility index (Phi) is 11.0. The van der Waals surface area contributed by atoms with Gasteiger partial charge in [0, 0.05) is 20.2 Å². The predicted molar refractivity (Wildman–Crippen MR) is 77.7 cm³/mol. The molecule has 0 aromatic heterocycles. The minimum atomic E-state index is -0.828. The molecule has 0 spiro atoms. The van der Waals surface area contributed by atoms with Gasteiger partial charge < -0.3 is 15.2 Å². The standard InChI is InChI=1S/C14H28N2O4/c1-4-5-6-8-16(10-12(2)14(18)19)11-13(17)15-7-9-20-3/h12H,4-11H2,1-3H3,(H,15,17)(H,18,19). The monoisotopic (exact) mass is 288 g/mol. The summed E-state index contributed by atoms with van der Waals surface area (Å²) < 4.78 is 4.87. The first-order chi connectivity index (χ1) is 9.51. The molecule has 1 unspecified atom stereocenters. The number of nitrogens with one attached hydrogen (secondary N) is 1. The Balaban J connectivity index is 4.21. The molecular weight excluding hydrogens is 260 g/mol. The van der Waals surface area contributed by atoms with Crippen molar-refractivity contribution in [3.8, 4) is 0 Å². The van der Waals surface area contributed by atoms with E-state index in [-0.39, 0.29) is 12.5 Å². The number of rotatable bonds is 12. The topological polar surface area (TPSA) is 78.9 Å². The maximum absolute atomic E-state index is 11.8. The molecule has 0 bridgehead atoms. The van der Waals surface area contributed by atoms with Crippen LogP contribution in [0.15, 0.2) is 0 Å². The molecule has 6 nitrogen and oxygen atoms in total. The third-order valence-electron chi connectivity index (χ3n) is 3.03. The van der Waals surface area contributed by atoms with E-state index in [4.69, 9.17) is 9.84 Å². The number of amides is 1. The molecule has 6 heteroatoms. The van der Waals surface area contributed by atoms with Gasteiger partial charge in [0.05, 0.1) is 19.1 Å². The van der Waals surface area contributed by atoms with E-state index in [9.17, 15) is 9.59 Å². The summed E-state index contributed by atoms with van der Waals surface area (Å²) in [6.45, 7) is 6.13. The van der Waals surface area contributed by atoms with Crippen molar-refractivity contribution in [2.24, 2.45) is 5.92 Å². The summed E-state index contributed by atoms with van der Waals surface area (Å²) in [7, 11) is 1.58. The number of aliphatic carboxylic acids is 1. The van der Waals surface area contributed by atoms with E-state index >= 15 is 0 Å². The minimum Gasteiger partial charge on any atom is -0.481 e. The summed E-state index contributed by atoms with van der Waals surface area (Å²) in [6.07, 6.45) is 3.17. The second-order valence-corrected chi connectivity index (χ2v) is 5.02. The summed E-state index contributed by atoms with van der Waals surface area (Å²) in [6, 6.07) is 0. The number of ether oxygens (including phenoxy) is 1. The number of hydrogen-bond acceptors (Lipinski definition) is 4. The molecule has 20 heavy (non-hydrogen) atoms. The first-order valence-electron chi connectivity index (χ1n) is 7.22. The van der Waals surface area contributed by atoms with Gasteiger partial charge in [-0.3, -0.25) is 14.5 Å². The van der Waals surface area contributed by atoms with Gasteiger partial charge in [0.25, 0.3) is 0 Å². The zero-order chi connectivity index (χ0) is 15.4. The summed E-state index contributed by atoms with van der Waals surface area (Å²) in [5.41, 5.74) is 0. The average Bonchev–Trinajstić information content (AvgIpc) is 2.39. The van der Waals surface area contributed by atoms with E-state index in [1.54, 1.807) is 14.0 Å². The van der Waals surface area contributed by atoms with Gasteiger partial charge in [-0.25, -0.2) is 0 Å². The van der Waals surface area contributed by atoms with Crippen LogP contribution in [0.25, 0.3) is 0 Å². The second-order valence-electron chi connectivity index (χ2n) is 5.02. The lowest BCUT2D eigenvalue weighted by molar-refractivity contribution is -0.142. The molecule has 0 aromatic carbocycles. The third kappa shape index (κ3) is 9.75. The number of carbonyl (C=O) groups is 2. The quantitative estimate of drug-likeness (QED) is 0.523. The van der Waals surface area contributed by atoms with Crippen LogP contribution in [0.5, 0.6) is 0 Å². The highest BCUT2D eigenvalue weighted by Crippen LogP contribution is 2.04. The van der Waals surface area contributed by atoms with Gasteiger partial charge in [-0.05, 0) is 13.0 Å².